The van der Waals surface area contributed by atoms with Crippen LogP contribution in [-0.4, -0.2) is 37.2 Å². The molecule has 0 radical (unpaired) electrons. The van der Waals surface area contributed by atoms with Gasteiger partial charge in [0.25, 0.3) is 0 Å². The highest BCUT2D eigenvalue weighted by molar-refractivity contribution is 5.71. The topological polar surface area (TPSA) is 78.9 Å². The van der Waals surface area contributed by atoms with Gasteiger partial charge in [0.1, 0.15) is 13.2 Å². The number of ether oxygens (including phenoxy) is 3. The maximum atomic E-state index is 12.8. The molecule has 0 heterocycles. The Bertz CT molecular complexity index is 1110. The van der Waals surface area contributed by atoms with Crippen molar-refractivity contribution in [2.45, 2.75) is 316 Å². The van der Waals surface area contributed by atoms with Crippen LogP contribution < -0.4 is 0 Å². The summed E-state index contributed by atoms with van der Waals surface area (Å²) in [6, 6.07) is 0. The van der Waals surface area contributed by atoms with E-state index in [9.17, 15) is 14.4 Å². The fourth-order valence-corrected chi connectivity index (χ4v) is 8.48. The molecule has 0 fully saturated rings. The zero-order chi connectivity index (χ0) is 47.9. The smallest absolute Gasteiger partial charge is 0.306 e. The molecule has 0 bridgehead atoms. The van der Waals surface area contributed by atoms with Gasteiger partial charge in [-0.15, -0.1) is 0 Å². The van der Waals surface area contributed by atoms with Crippen molar-refractivity contribution in [3.8, 4) is 0 Å². The van der Waals surface area contributed by atoms with Crippen molar-refractivity contribution < 1.29 is 28.6 Å². The van der Waals surface area contributed by atoms with E-state index < -0.39 is 6.10 Å². The van der Waals surface area contributed by atoms with Gasteiger partial charge in [0, 0.05) is 19.3 Å². The normalized spacial score (nSPS) is 12.2. The fraction of sp³-hybridized carbons (Fsp3) is 0.850. The summed E-state index contributed by atoms with van der Waals surface area (Å²) >= 11 is 0. The minimum absolute atomic E-state index is 0.0805. The molecule has 0 saturated carbocycles. The van der Waals surface area contributed by atoms with Crippen LogP contribution >= 0.6 is 0 Å². The molecule has 0 aromatic carbocycles. The first-order chi connectivity index (χ1) is 32.5. The number of carbonyl (C=O) groups is 3. The van der Waals surface area contributed by atoms with Gasteiger partial charge in [0.15, 0.2) is 6.10 Å². The van der Waals surface area contributed by atoms with E-state index >= 15 is 0 Å². The van der Waals surface area contributed by atoms with Crippen molar-refractivity contribution in [2.24, 2.45) is 0 Å². The molecule has 386 valence electrons. The third-order valence-electron chi connectivity index (χ3n) is 12.9. The first kappa shape index (κ1) is 63.6. The zero-order valence-corrected chi connectivity index (χ0v) is 44.2. The van der Waals surface area contributed by atoms with Gasteiger partial charge in [-0.05, 0) is 64.2 Å². The first-order valence-corrected chi connectivity index (χ1v) is 29.0. The zero-order valence-electron chi connectivity index (χ0n) is 44.2. The molecule has 6 heteroatoms. The van der Waals surface area contributed by atoms with Crippen LogP contribution in [0.5, 0.6) is 0 Å². The van der Waals surface area contributed by atoms with Crippen LogP contribution in [0.3, 0.4) is 0 Å². The summed E-state index contributed by atoms with van der Waals surface area (Å²) in [7, 11) is 0. The molecule has 1 atom stereocenters. The molecule has 0 aliphatic carbocycles. The van der Waals surface area contributed by atoms with Gasteiger partial charge in [-0.1, -0.05) is 263 Å². The monoisotopic (exact) mass is 927 g/mol. The number of allylic oxidation sites excluding steroid dienone is 6. The first-order valence-electron chi connectivity index (χ1n) is 29.0. The molecule has 0 amide bonds. The molecule has 0 rings (SSSR count). The maximum absolute atomic E-state index is 12.8. The molecular formula is C60H110O6. The molecule has 0 aromatic heterocycles. The van der Waals surface area contributed by atoms with Crippen molar-refractivity contribution in [3.63, 3.8) is 0 Å². The SMILES string of the molecule is CCCC/C=C\C=C/CCCCCC(=O)OCC(COC(=O)CCCCCCCCCCCCCCCCCCCCC)OC(=O)CCCCCCC/C=C\CCCCCCCCCCC. The highest BCUT2D eigenvalue weighted by Crippen LogP contribution is 2.17. The molecule has 0 aromatic rings. The van der Waals surface area contributed by atoms with Crippen LogP contribution in [0.2, 0.25) is 0 Å². The lowest BCUT2D eigenvalue weighted by molar-refractivity contribution is -0.167. The van der Waals surface area contributed by atoms with Crippen molar-refractivity contribution in [3.05, 3.63) is 36.5 Å². The van der Waals surface area contributed by atoms with E-state index in [1.807, 2.05) is 0 Å². The number of carbonyl (C=O) groups excluding carboxylic acids is 3. The van der Waals surface area contributed by atoms with E-state index in [1.54, 1.807) is 0 Å². The number of hydrogen-bond acceptors (Lipinski definition) is 6. The van der Waals surface area contributed by atoms with Gasteiger partial charge in [-0.3, -0.25) is 14.4 Å². The van der Waals surface area contributed by atoms with E-state index in [-0.39, 0.29) is 31.1 Å². The minimum Gasteiger partial charge on any atom is -0.462 e. The van der Waals surface area contributed by atoms with Gasteiger partial charge in [-0.25, -0.2) is 0 Å². The highest BCUT2D eigenvalue weighted by atomic mass is 16.6. The van der Waals surface area contributed by atoms with Crippen molar-refractivity contribution in [1.29, 1.82) is 0 Å². The van der Waals surface area contributed by atoms with Crippen LogP contribution in [0, 0.1) is 0 Å². The lowest BCUT2D eigenvalue weighted by Gasteiger charge is -2.18. The summed E-state index contributed by atoms with van der Waals surface area (Å²) in [5.41, 5.74) is 0. The largest absolute Gasteiger partial charge is 0.462 e. The third-order valence-corrected chi connectivity index (χ3v) is 12.9. The average Bonchev–Trinajstić information content (AvgIpc) is 3.31. The summed E-state index contributed by atoms with van der Waals surface area (Å²) in [5.74, 6) is -0.902. The van der Waals surface area contributed by atoms with E-state index in [2.05, 4.69) is 57.2 Å². The second kappa shape index (κ2) is 55.2. The Kier molecular flexibility index (Phi) is 53.2. The molecule has 66 heavy (non-hydrogen) atoms. The van der Waals surface area contributed by atoms with Crippen LogP contribution in [0.25, 0.3) is 0 Å². The van der Waals surface area contributed by atoms with Crippen LogP contribution in [-0.2, 0) is 28.6 Å². The summed E-state index contributed by atoms with van der Waals surface area (Å²) in [6.45, 7) is 6.60. The van der Waals surface area contributed by atoms with Crippen molar-refractivity contribution >= 4 is 17.9 Å². The minimum atomic E-state index is -0.784. The Balaban J connectivity index is 4.31. The molecule has 0 spiro atoms. The summed E-state index contributed by atoms with van der Waals surface area (Å²) in [6.07, 6.45) is 65.7. The van der Waals surface area contributed by atoms with Gasteiger partial charge >= 0.3 is 17.9 Å². The molecule has 0 aliphatic heterocycles. The summed E-state index contributed by atoms with van der Waals surface area (Å²) in [5, 5.41) is 0. The number of unbranched alkanes of at least 4 members (excludes halogenated alkanes) is 37. The van der Waals surface area contributed by atoms with Gasteiger partial charge in [0.05, 0.1) is 0 Å². The van der Waals surface area contributed by atoms with Crippen LogP contribution in [0.1, 0.15) is 310 Å². The number of esters is 3. The van der Waals surface area contributed by atoms with Crippen LogP contribution in [0.15, 0.2) is 36.5 Å². The van der Waals surface area contributed by atoms with Gasteiger partial charge in [0.2, 0.25) is 0 Å². The molecule has 0 aliphatic rings. The lowest BCUT2D eigenvalue weighted by Crippen LogP contribution is -2.30. The second-order valence-corrected chi connectivity index (χ2v) is 19.6. The highest BCUT2D eigenvalue weighted by Gasteiger charge is 2.19. The summed E-state index contributed by atoms with van der Waals surface area (Å²) < 4.78 is 16.8. The molecule has 0 saturated heterocycles. The Morgan fingerprint density at radius 1 is 0.303 bits per heavy atom. The fourth-order valence-electron chi connectivity index (χ4n) is 8.48. The standard InChI is InChI=1S/C60H110O6/c1-4-7-10-13-16-19-22-24-26-28-30-32-33-35-38-41-44-47-50-53-59(62)65-56-57(55-64-58(61)52-49-46-43-40-37-21-18-15-12-9-6-3)66-60(63)54-51-48-45-42-39-36-34-31-29-27-25-23-20-17-14-11-8-5-2/h15,18,21,31,34,37,57H,4-14,16-17,19-20,22-30,32-33,35-36,38-56H2,1-3H3/b18-15-,34-31-,37-21-. The predicted molar refractivity (Wildman–Crippen MR) is 284 cm³/mol. The van der Waals surface area contributed by atoms with Gasteiger partial charge < -0.3 is 14.2 Å². The quantitative estimate of drug-likeness (QED) is 0.0199. The Hall–Kier alpha value is -2.37. The average molecular weight is 928 g/mol. The van der Waals surface area contributed by atoms with Crippen molar-refractivity contribution in [2.75, 3.05) is 13.2 Å². The second-order valence-electron chi connectivity index (χ2n) is 19.6. The Labute approximate surface area is 410 Å². The van der Waals surface area contributed by atoms with E-state index in [0.717, 1.165) is 77.0 Å². The van der Waals surface area contributed by atoms with E-state index in [1.165, 1.54) is 193 Å². The Morgan fingerprint density at radius 3 is 0.909 bits per heavy atom. The molecule has 6 nitrogen and oxygen atoms in total. The lowest BCUT2D eigenvalue weighted by atomic mass is 10.0. The van der Waals surface area contributed by atoms with E-state index in [0.29, 0.717) is 19.3 Å². The summed E-state index contributed by atoms with van der Waals surface area (Å²) in [4.78, 5) is 38.1. The maximum Gasteiger partial charge on any atom is 0.306 e. The molecule has 1 unspecified atom stereocenters. The van der Waals surface area contributed by atoms with Gasteiger partial charge in [-0.2, -0.15) is 0 Å². The van der Waals surface area contributed by atoms with Crippen molar-refractivity contribution in [1.82, 2.24) is 0 Å². The molecule has 0 N–H and O–H groups in total. The predicted octanol–water partition coefficient (Wildman–Crippen LogP) is 19.3. The Morgan fingerprint density at radius 2 is 0.561 bits per heavy atom. The third kappa shape index (κ3) is 52.6. The number of hydrogen-bond donors (Lipinski definition) is 0. The van der Waals surface area contributed by atoms with Crippen LogP contribution in [0.4, 0.5) is 0 Å². The number of rotatable bonds is 53. The van der Waals surface area contributed by atoms with E-state index in [4.69, 9.17) is 14.2 Å². The molecular weight excluding hydrogens is 817 g/mol.